The van der Waals surface area contributed by atoms with Crippen molar-refractivity contribution in [3.8, 4) is 0 Å². The van der Waals surface area contributed by atoms with Crippen LogP contribution in [0.3, 0.4) is 0 Å². The normalized spacial score (nSPS) is 25.5. The van der Waals surface area contributed by atoms with E-state index >= 15 is 0 Å². The highest BCUT2D eigenvalue weighted by atomic mass is 16.2. The molecule has 2 amide bonds. The van der Waals surface area contributed by atoms with Crippen molar-refractivity contribution in [3.05, 3.63) is 54.5 Å². The van der Waals surface area contributed by atoms with Crippen LogP contribution >= 0.6 is 0 Å². The molecule has 0 saturated heterocycles. The van der Waals surface area contributed by atoms with Gasteiger partial charge in [0.05, 0.1) is 6.54 Å². The van der Waals surface area contributed by atoms with E-state index in [0.29, 0.717) is 17.8 Å². The Hall–Kier alpha value is -2.80. The van der Waals surface area contributed by atoms with Crippen LogP contribution in [0.5, 0.6) is 0 Å². The Balaban J connectivity index is 1.50. The maximum absolute atomic E-state index is 14.0. The van der Waals surface area contributed by atoms with Gasteiger partial charge in [0.25, 0.3) is 0 Å². The van der Waals surface area contributed by atoms with Crippen molar-refractivity contribution in [3.63, 3.8) is 0 Å². The minimum Gasteiger partial charge on any atom is -0.333 e. The van der Waals surface area contributed by atoms with E-state index in [9.17, 15) is 9.59 Å². The largest absolute Gasteiger partial charge is 0.333 e. The molecule has 4 rings (SSSR count). The fourth-order valence-corrected chi connectivity index (χ4v) is 7.03. The number of amides is 2. The van der Waals surface area contributed by atoms with Gasteiger partial charge in [0, 0.05) is 24.2 Å². The monoisotopic (exact) mass is 547 g/mol. The van der Waals surface area contributed by atoms with E-state index in [-0.39, 0.29) is 41.1 Å². The summed E-state index contributed by atoms with van der Waals surface area (Å²) >= 11 is 0. The Bertz CT molecular complexity index is 1120. The number of anilines is 1. The number of aromatic nitrogens is 2. The van der Waals surface area contributed by atoms with Crippen molar-refractivity contribution in [2.24, 2.45) is 22.7 Å². The first-order chi connectivity index (χ1) is 19.0. The minimum absolute atomic E-state index is 0.0139. The molecule has 2 aromatic rings. The standard InChI is InChI=1S/C33H49N5O2/c1-25(21-31(3)14-10-15-31)26(2)30(40)38(22-29(39)36-28-13-20-34-24-35-28)23-32(4)16-18-33(19-17-32,37(5)6)27-11-8-7-9-12-27/h7-9,11-13,20,24-26H,10,14-19,21-23H2,1-6H3,(H,34,35,36,39)/t25?,26?,32-,33-. The second-order valence-corrected chi connectivity index (χ2v) is 13.6. The number of hydrogen-bond acceptors (Lipinski definition) is 5. The first-order valence-corrected chi connectivity index (χ1v) is 15.0. The van der Waals surface area contributed by atoms with E-state index in [1.54, 1.807) is 12.3 Å². The molecule has 2 atom stereocenters. The lowest BCUT2D eigenvalue weighted by atomic mass is 9.64. The fourth-order valence-electron chi connectivity index (χ4n) is 7.03. The SMILES string of the molecule is CC(CC1(C)CCC1)C(C)C(=O)N(CC(=O)Nc1ccncn1)C[C@]1(C)CC[C@@](c2ccccc2)(N(C)C)CC1. The molecule has 1 aromatic carbocycles. The molecule has 0 radical (unpaired) electrons. The summed E-state index contributed by atoms with van der Waals surface area (Å²) in [7, 11) is 4.35. The van der Waals surface area contributed by atoms with Crippen LogP contribution < -0.4 is 5.32 Å². The van der Waals surface area contributed by atoms with Crippen molar-refractivity contribution in [2.75, 3.05) is 32.5 Å². The number of carbonyl (C=O) groups excluding carboxylic acids is 2. The number of hydrogen-bond donors (Lipinski definition) is 1. The van der Waals surface area contributed by atoms with E-state index in [4.69, 9.17) is 0 Å². The molecule has 1 heterocycles. The summed E-state index contributed by atoms with van der Waals surface area (Å²) in [4.78, 5) is 39.5. The van der Waals surface area contributed by atoms with E-state index < -0.39 is 0 Å². The summed E-state index contributed by atoms with van der Waals surface area (Å²) < 4.78 is 0. The molecular formula is C33H49N5O2. The highest BCUT2D eigenvalue weighted by Crippen LogP contribution is 2.49. The average molecular weight is 548 g/mol. The topological polar surface area (TPSA) is 78.4 Å². The molecule has 40 heavy (non-hydrogen) atoms. The highest BCUT2D eigenvalue weighted by molar-refractivity contribution is 5.94. The Morgan fingerprint density at radius 2 is 1.62 bits per heavy atom. The molecule has 2 aliphatic carbocycles. The fraction of sp³-hybridized carbons (Fsp3) is 0.636. The van der Waals surface area contributed by atoms with Crippen molar-refractivity contribution in [1.29, 1.82) is 0 Å². The Labute approximate surface area is 241 Å². The van der Waals surface area contributed by atoms with Gasteiger partial charge in [-0.05, 0) is 87.4 Å². The second-order valence-electron chi connectivity index (χ2n) is 13.6. The van der Waals surface area contributed by atoms with Gasteiger partial charge in [-0.3, -0.25) is 14.5 Å². The number of nitrogens with one attached hydrogen (secondary N) is 1. The lowest BCUT2D eigenvalue weighted by molar-refractivity contribution is -0.142. The molecule has 7 nitrogen and oxygen atoms in total. The van der Waals surface area contributed by atoms with Crippen LogP contribution in [0.15, 0.2) is 48.9 Å². The van der Waals surface area contributed by atoms with Gasteiger partial charge in [0.2, 0.25) is 11.8 Å². The Morgan fingerprint density at radius 1 is 0.950 bits per heavy atom. The molecule has 2 fully saturated rings. The summed E-state index contributed by atoms with van der Waals surface area (Å²) in [5.74, 6) is 0.450. The average Bonchev–Trinajstić information content (AvgIpc) is 2.92. The van der Waals surface area contributed by atoms with Gasteiger partial charge in [-0.2, -0.15) is 0 Å². The van der Waals surface area contributed by atoms with Crippen LogP contribution in [0.1, 0.15) is 84.6 Å². The number of benzene rings is 1. The first-order valence-electron chi connectivity index (χ1n) is 15.0. The van der Waals surface area contributed by atoms with E-state index in [0.717, 1.165) is 32.1 Å². The summed E-state index contributed by atoms with van der Waals surface area (Å²) in [6, 6.07) is 12.5. The number of rotatable bonds is 11. The summed E-state index contributed by atoms with van der Waals surface area (Å²) in [6.07, 6.45) is 11.8. The van der Waals surface area contributed by atoms with Gasteiger partial charge in [-0.1, -0.05) is 64.4 Å². The van der Waals surface area contributed by atoms with E-state index in [2.05, 4.69) is 92.3 Å². The van der Waals surface area contributed by atoms with Crippen LogP contribution in [0.25, 0.3) is 0 Å². The predicted molar refractivity (Wildman–Crippen MR) is 161 cm³/mol. The van der Waals surface area contributed by atoms with Gasteiger partial charge in [0.15, 0.2) is 0 Å². The van der Waals surface area contributed by atoms with Crippen LogP contribution in [0, 0.1) is 22.7 Å². The summed E-state index contributed by atoms with van der Waals surface area (Å²) in [5.41, 5.74) is 1.62. The van der Waals surface area contributed by atoms with Crippen LogP contribution in [0.4, 0.5) is 5.82 Å². The zero-order valence-electron chi connectivity index (χ0n) is 25.4. The highest BCUT2D eigenvalue weighted by Gasteiger charge is 2.45. The molecule has 0 aliphatic heterocycles. The van der Waals surface area contributed by atoms with Crippen LogP contribution in [-0.2, 0) is 15.1 Å². The molecule has 218 valence electrons. The van der Waals surface area contributed by atoms with E-state index in [1.807, 2.05) is 4.90 Å². The van der Waals surface area contributed by atoms with Crippen LogP contribution in [-0.4, -0.2) is 58.8 Å². The predicted octanol–water partition coefficient (Wildman–Crippen LogP) is 6.13. The molecule has 0 spiro atoms. The Kier molecular flexibility index (Phi) is 9.33. The summed E-state index contributed by atoms with van der Waals surface area (Å²) in [6.45, 7) is 9.52. The maximum atomic E-state index is 14.0. The van der Waals surface area contributed by atoms with Gasteiger partial charge < -0.3 is 10.2 Å². The molecule has 0 bridgehead atoms. The first kappa shape index (κ1) is 30.2. The van der Waals surface area contributed by atoms with Gasteiger partial charge in [-0.25, -0.2) is 9.97 Å². The van der Waals surface area contributed by atoms with Crippen molar-refractivity contribution in [2.45, 2.75) is 84.6 Å². The van der Waals surface area contributed by atoms with Crippen molar-refractivity contribution < 1.29 is 9.59 Å². The smallest absolute Gasteiger partial charge is 0.245 e. The minimum atomic E-state index is -0.218. The molecule has 7 heteroatoms. The quantitative estimate of drug-likeness (QED) is 0.366. The zero-order chi connectivity index (χ0) is 29.0. The third-order valence-electron chi connectivity index (χ3n) is 10.1. The molecular weight excluding hydrogens is 498 g/mol. The van der Waals surface area contributed by atoms with Crippen molar-refractivity contribution >= 4 is 17.6 Å². The lowest BCUT2D eigenvalue weighted by Crippen LogP contribution is -2.51. The summed E-state index contributed by atoms with van der Waals surface area (Å²) in [5, 5.41) is 2.86. The van der Waals surface area contributed by atoms with E-state index in [1.165, 1.54) is 31.2 Å². The molecule has 1 N–H and O–H groups in total. The van der Waals surface area contributed by atoms with Crippen molar-refractivity contribution in [1.82, 2.24) is 19.8 Å². The second kappa shape index (κ2) is 12.4. The third kappa shape index (κ3) is 6.91. The molecule has 2 unspecified atom stereocenters. The van der Waals surface area contributed by atoms with Crippen LogP contribution in [0.2, 0.25) is 0 Å². The lowest BCUT2D eigenvalue weighted by Gasteiger charge is -2.50. The number of carbonyl (C=O) groups is 2. The molecule has 2 saturated carbocycles. The molecule has 2 aliphatic rings. The Morgan fingerprint density at radius 3 is 2.17 bits per heavy atom. The molecule has 1 aromatic heterocycles. The van der Waals surface area contributed by atoms with Gasteiger partial charge >= 0.3 is 0 Å². The number of nitrogens with zero attached hydrogens (tertiary/aromatic N) is 4. The van der Waals surface area contributed by atoms with Gasteiger partial charge in [-0.15, -0.1) is 0 Å². The third-order valence-corrected chi connectivity index (χ3v) is 10.1. The zero-order valence-corrected chi connectivity index (χ0v) is 25.4. The maximum Gasteiger partial charge on any atom is 0.245 e. The van der Waals surface area contributed by atoms with Gasteiger partial charge in [0.1, 0.15) is 12.1 Å².